The predicted molar refractivity (Wildman–Crippen MR) is 117 cm³/mol. The fourth-order valence-electron chi connectivity index (χ4n) is 5.09. The maximum absolute atomic E-state index is 13.7. The lowest BCUT2D eigenvalue weighted by Crippen LogP contribution is -2.56. The number of furan rings is 1. The van der Waals surface area contributed by atoms with E-state index in [9.17, 15) is 9.59 Å². The zero-order valence-corrected chi connectivity index (χ0v) is 17.8. The molecule has 30 heavy (non-hydrogen) atoms. The van der Waals surface area contributed by atoms with Gasteiger partial charge in [0, 0.05) is 23.5 Å². The third-order valence-corrected chi connectivity index (χ3v) is 6.78. The SMILES string of the molecule is C[C@H](N)C(=O)N[C@H](C(=O)N1CCC[C@H]1Cc1coc2ccccc12)C1CCCCC1. The number of nitrogens with one attached hydrogen (secondary N) is 1. The fraction of sp³-hybridized carbons (Fsp3) is 0.583. The Hall–Kier alpha value is -2.34. The molecule has 1 aliphatic carbocycles. The Bertz CT molecular complexity index is 885. The standard InChI is InChI=1S/C24H33N3O3/c1-16(25)23(28)26-22(17-8-3-2-4-9-17)24(29)27-13-7-10-19(27)14-18-15-30-21-12-6-5-11-20(18)21/h5-6,11-12,15-17,19,22H,2-4,7-10,13-14,25H2,1H3,(H,26,28)/t16-,19-,22-/m0/s1. The summed E-state index contributed by atoms with van der Waals surface area (Å²) in [5.74, 6) is 0.0201. The van der Waals surface area contributed by atoms with Crippen LogP contribution in [0.2, 0.25) is 0 Å². The number of amides is 2. The minimum Gasteiger partial charge on any atom is -0.464 e. The molecule has 1 saturated carbocycles. The van der Waals surface area contributed by atoms with E-state index in [1.165, 1.54) is 6.42 Å². The molecule has 4 rings (SSSR count). The van der Waals surface area contributed by atoms with E-state index in [0.717, 1.165) is 68.0 Å². The number of para-hydroxylation sites is 1. The summed E-state index contributed by atoms with van der Waals surface area (Å²) in [4.78, 5) is 28.0. The monoisotopic (exact) mass is 411 g/mol. The first-order valence-electron chi connectivity index (χ1n) is 11.4. The summed E-state index contributed by atoms with van der Waals surface area (Å²) in [6, 6.07) is 7.08. The number of benzene rings is 1. The molecule has 2 amide bonds. The van der Waals surface area contributed by atoms with Gasteiger partial charge in [-0.3, -0.25) is 9.59 Å². The third-order valence-electron chi connectivity index (χ3n) is 6.78. The zero-order chi connectivity index (χ0) is 21.1. The molecule has 2 aromatic rings. The minimum atomic E-state index is -0.615. The molecule has 3 atom stereocenters. The zero-order valence-electron chi connectivity index (χ0n) is 17.8. The fourth-order valence-corrected chi connectivity index (χ4v) is 5.09. The Morgan fingerprint density at radius 3 is 2.70 bits per heavy atom. The van der Waals surface area contributed by atoms with Crippen LogP contribution in [0.25, 0.3) is 11.0 Å². The molecule has 6 nitrogen and oxygen atoms in total. The van der Waals surface area contributed by atoms with Crippen molar-refractivity contribution >= 4 is 22.8 Å². The summed E-state index contributed by atoms with van der Waals surface area (Å²) in [5, 5.41) is 4.11. The first kappa shape index (κ1) is 20.9. The van der Waals surface area contributed by atoms with Crippen LogP contribution in [0.1, 0.15) is 57.4 Å². The van der Waals surface area contributed by atoms with E-state index >= 15 is 0 Å². The van der Waals surface area contributed by atoms with Gasteiger partial charge < -0.3 is 20.4 Å². The molecule has 0 spiro atoms. The molecule has 2 fully saturated rings. The van der Waals surface area contributed by atoms with Crippen LogP contribution in [0, 0.1) is 5.92 Å². The summed E-state index contributed by atoms with van der Waals surface area (Å²) in [6.45, 7) is 2.41. The molecular weight excluding hydrogens is 378 g/mol. The van der Waals surface area contributed by atoms with Crippen LogP contribution in [0.4, 0.5) is 0 Å². The van der Waals surface area contributed by atoms with Crippen LogP contribution >= 0.6 is 0 Å². The Kier molecular flexibility index (Phi) is 6.42. The summed E-state index contributed by atoms with van der Waals surface area (Å²) >= 11 is 0. The molecule has 2 aliphatic rings. The van der Waals surface area contributed by atoms with Crippen molar-refractivity contribution in [1.82, 2.24) is 10.2 Å². The maximum atomic E-state index is 13.7. The van der Waals surface area contributed by atoms with Gasteiger partial charge >= 0.3 is 0 Å². The van der Waals surface area contributed by atoms with Crippen LogP contribution in [0.3, 0.4) is 0 Å². The normalized spacial score (nSPS) is 22.2. The van der Waals surface area contributed by atoms with Crippen molar-refractivity contribution in [2.75, 3.05) is 6.54 Å². The smallest absolute Gasteiger partial charge is 0.245 e. The maximum Gasteiger partial charge on any atom is 0.245 e. The molecule has 1 saturated heterocycles. The molecule has 0 bridgehead atoms. The van der Waals surface area contributed by atoms with Gasteiger partial charge in [-0.15, -0.1) is 0 Å². The molecule has 1 aromatic carbocycles. The largest absolute Gasteiger partial charge is 0.464 e. The highest BCUT2D eigenvalue weighted by Gasteiger charge is 2.38. The molecule has 1 aromatic heterocycles. The Morgan fingerprint density at radius 1 is 1.17 bits per heavy atom. The Balaban J connectivity index is 1.52. The Morgan fingerprint density at radius 2 is 1.93 bits per heavy atom. The number of likely N-dealkylation sites (tertiary alicyclic amines) is 1. The summed E-state index contributed by atoms with van der Waals surface area (Å²) in [5.41, 5.74) is 7.82. The highest BCUT2D eigenvalue weighted by atomic mass is 16.3. The van der Waals surface area contributed by atoms with Gasteiger partial charge in [0.1, 0.15) is 11.6 Å². The van der Waals surface area contributed by atoms with Crippen LogP contribution in [0.5, 0.6) is 0 Å². The van der Waals surface area contributed by atoms with Gasteiger partial charge in [0.05, 0.1) is 12.3 Å². The quantitative estimate of drug-likeness (QED) is 0.763. The third kappa shape index (κ3) is 4.38. The highest BCUT2D eigenvalue weighted by Crippen LogP contribution is 2.31. The second-order valence-electron chi connectivity index (χ2n) is 8.96. The van der Waals surface area contributed by atoms with Gasteiger partial charge in [0.25, 0.3) is 0 Å². The second-order valence-corrected chi connectivity index (χ2v) is 8.96. The molecule has 0 unspecified atom stereocenters. The van der Waals surface area contributed by atoms with Gasteiger partial charge in [-0.25, -0.2) is 0 Å². The van der Waals surface area contributed by atoms with Crippen molar-refractivity contribution < 1.29 is 14.0 Å². The summed E-state index contributed by atoms with van der Waals surface area (Å²) in [6.07, 6.45) is 9.98. The van der Waals surface area contributed by atoms with Gasteiger partial charge in [0.15, 0.2) is 0 Å². The highest BCUT2D eigenvalue weighted by molar-refractivity contribution is 5.90. The van der Waals surface area contributed by atoms with Crippen molar-refractivity contribution in [2.45, 2.75) is 76.4 Å². The molecule has 2 heterocycles. The Labute approximate surface area is 178 Å². The predicted octanol–water partition coefficient (Wildman–Crippen LogP) is 3.38. The van der Waals surface area contributed by atoms with Crippen molar-refractivity contribution in [3.63, 3.8) is 0 Å². The van der Waals surface area contributed by atoms with Crippen LogP contribution in [-0.2, 0) is 16.0 Å². The molecule has 6 heteroatoms. The summed E-state index contributed by atoms with van der Waals surface area (Å²) < 4.78 is 5.70. The number of nitrogens with zero attached hydrogens (tertiary/aromatic N) is 1. The molecule has 1 aliphatic heterocycles. The lowest BCUT2D eigenvalue weighted by Gasteiger charge is -2.35. The molecule has 0 radical (unpaired) electrons. The van der Waals surface area contributed by atoms with Crippen molar-refractivity contribution in [1.29, 1.82) is 0 Å². The average molecular weight is 412 g/mol. The first-order valence-corrected chi connectivity index (χ1v) is 11.4. The molecule has 162 valence electrons. The number of carbonyl (C=O) groups is 2. The number of carbonyl (C=O) groups excluding carboxylic acids is 2. The second kappa shape index (κ2) is 9.21. The van der Waals surface area contributed by atoms with E-state index in [4.69, 9.17) is 10.2 Å². The van der Waals surface area contributed by atoms with Crippen molar-refractivity contribution in [3.05, 3.63) is 36.1 Å². The van der Waals surface area contributed by atoms with Gasteiger partial charge in [0.2, 0.25) is 11.8 Å². The summed E-state index contributed by atoms with van der Waals surface area (Å²) in [7, 11) is 0. The van der Waals surface area contributed by atoms with Crippen molar-refractivity contribution in [2.24, 2.45) is 11.7 Å². The van der Waals surface area contributed by atoms with Crippen LogP contribution in [0.15, 0.2) is 34.9 Å². The average Bonchev–Trinajstić information content (AvgIpc) is 3.39. The van der Waals surface area contributed by atoms with E-state index in [0.29, 0.717) is 0 Å². The lowest BCUT2D eigenvalue weighted by molar-refractivity contribution is -0.139. The van der Waals surface area contributed by atoms with Crippen molar-refractivity contribution in [3.8, 4) is 0 Å². The number of fused-ring (bicyclic) bond motifs is 1. The molecule has 3 N–H and O–H groups in total. The lowest BCUT2D eigenvalue weighted by atomic mass is 9.83. The van der Waals surface area contributed by atoms with Gasteiger partial charge in [-0.2, -0.15) is 0 Å². The molecular formula is C24H33N3O3. The van der Waals surface area contributed by atoms with E-state index < -0.39 is 12.1 Å². The van der Waals surface area contributed by atoms with E-state index in [1.54, 1.807) is 6.92 Å². The van der Waals surface area contributed by atoms with E-state index in [2.05, 4.69) is 11.4 Å². The van der Waals surface area contributed by atoms with Gasteiger partial charge in [-0.05, 0) is 51.0 Å². The number of rotatable bonds is 6. The minimum absolute atomic E-state index is 0.0613. The van der Waals surface area contributed by atoms with Gasteiger partial charge in [-0.1, -0.05) is 37.5 Å². The topological polar surface area (TPSA) is 88.6 Å². The number of hydrogen-bond donors (Lipinski definition) is 2. The number of hydrogen-bond acceptors (Lipinski definition) is 4. The van der Waals surface area contributed by atoms with E-state index in [1.807, 2.05) is 29.4 Å². The number of nitrogens with two attached hydrogens (primary N) is 1. The van der Waals surface area contributed by atoms with Crippen LogP contribution < -0.4 is 11.1 Å². The first-order chi connectivity index (χ1) is 14.5. The van der Waals surface area contributed by atoms with Crippen LogP contribution in [-0.4, -0.2) is 41.4 Å². The van der Waals surface area contributed by atoms with E-state index in [-0.39, 0.29) is 23.8 Å².